The number of unbranched alkanes of at least 4 members (excludes halogenated alkanes) is 4. The lowest BCUT2D eigenvalue weighted by Gasteiger charge is -2.35. The van der Waals surface area contributed by atoms with Gasteiger partial charge in [-0.3, -0.25) is 19.2 Å². The lowest BCUT2D eigenvalue weighted by molar-refractivity contribution is -0.144. The first-order valence-corrected chi connectivity index (χ1v) is 25.8. The molecule has 0 radical (unpaired) electrons. The van der Waals surface area contributed by atoms with E-state index in [4.69, 9.17) is 4.74 Å². The number of aliphatic hydroxyl groups is 1. The number of thiophene rings is 1. The topological polar surface area (TPSA) is 182 Å². The molecule has 4 aromatic carbocycles. The molecule has 2 aromatic heterocycles. The van der Waals surface area contributed by atoms with Crippen molar-refractivity contribution < 1.29 is 39.2 Å². The number of carbonyl (C=O) groups is 4. The van der Waals surface area contributed by atoms with Gasteiger partial charge in [-0.25, -0.2) is 4.98 Å². The first-order valence-electron chi connectivity index (χ1n) is 24.1. The van der Waals surface area contributed by atoms with Crippen LogP contribution in [0, 0.1) is 12.3 Å². The summed E-state index contributed by atoms with van der Waals surface area (Å²) in [6.45, 7) is 11.7. The van der Waals surface area contributed by atoms with E-state index in [2.05, 4.69) is 27.6 Å². The molecule has 3 heterocycles. The number of aryl methyl sites for hydroxylation is 1. The van der Waals surface area contributed by atoms with Crippen molar-refractivity contribution in [1.29, 1.82) is 0 Å². The zero-order valence-electron chi connectivity index (χ0n) is 40.9. The molecule has 5 N–H and O–H groups in total. The van der Waals surface area contributed by atoms with E-state index in [9.17, 15) is 34.5 Å². The second-order valence-corrected chi connectivity index (χ2v) is 21.3. The number of benzene rings is 4. The first kappa shape index (κ1) is 51.7. The number of phenolic OH excluding ortho intramolecular Hbond substituents is 2. The Morgan fingerprint density at radius 2 is 1.50 bits per heavy atom. The molecule has 0 aliphatic carbocycles. The number of thiazole rings is 1. The predicted octanol–water partition coefficient (Wildman–Crippen LogP) is 9.66. The lowest BCUT2D eigenvalue weighted by Crippen LogP contribution is -2.57. The number of likely N-dealkylation sites (N-methyl/N-ethyl adjacent to an activating group) is 1. The quantitative estimate of drug-likeness (QED) is 0.0344. The fourth-order valence-corrected chi connectivity index (χ4v) is 10.9. The molecule has 70 heavy (non-hydrogen) atoms. The van der Waals surface area contributed by atoms with Crippen molar-refractivity contribution in [2.45, 2.75) is 104 Å². The highest BCUT2D eigenvalue weighted by Crippen LogP contribution is 2.42. The average molecular weight is 988 g/mol. The molecule has 13 nitrogen and oxygen atoms in total. The molecular formula is C55H65N5O8S2. The highest BCUT2D eigenvalue weighted by molar-refractivity contribution is 7.22. The van der Waals surface area contributed by atoms with Crippen LogP contribution in [0.25, 0.3) is 31.0 Å². The number of hydrogen-bond donors (Lipinski definition) is 5. The zero-order chi connectivity index (χ0) is 50.1. The summed E-state index contributed by atoms with van der Waals surface area (Å²) < 4.78 is 6.83. The second kappa shape index (κ2) is 23.2. The second-order valence-electron chi connectivity index (χ2n) is 19.4. The minimum atomic E-state index is -0.870. The lowest BCUT2D eigenvalue weighted by atomic mass is 9.85. The summed E-state index contributed by atoms with van der Waals surface area (Å²) in [4.78, 5) is 64.8. The maximum Gasteiger partial charge on any atom is 0.246 e. The van der Waals surface area contributed by atoms with Crippen LogP contribution in [-0.4, -0.2) is 105 Å². The van der Waals surface area contributed by atoms with E-state index in [1.807, 2.05) is 64.4 Å². The van der Waals surface area contributed by atoms with Gasteiger partial charge in [0.15, 0.2) is 5.78 Å². The standard InChI is InChI=1S/C55H65N5O8S2/c1-34(36-13-15-38(16-14-36)50-35(2)56-33-69-50)57-53(66)45-30-42(63)32-60(45)54(67)52(55(3,4)5)58-47(64)12-10-8-7-9-11-27-59(6)28-29-68-43-24-19-37(20-25-43)49(65)48-44-26-23-41(62)31-46(44)70-51(48)39-17-21-40(61)22-18-39/h13-26,31,33-34,42,45,52,61-63H,7-12,27-30,32H2,1-6H3,(H,57,66)(H,58,64). The van der Waals surface area contributed by atoms with Gasteiger partial charge < -0.3 is 40.5 Å². The van der Waals surface area contributed by atoms with E-state index < -0.39 is 23.6 Å². The molecule has 1 saturated heterocycles. The number of nitrogens with zero attached hydrogens (tertiary/aromatic N) is 3. The Kier molecular flexibility index (Phi) is 17.1. The monoisotopic (exact) mass is 987 g/mol. The minimum absolute atomic E-state index is 0.0189. The van der Waals surface area contributed by atoms with Crippen molar-refractivity contribution in [3.63, 3.8) is 0 Å². The Hall–Kier alpha value is -6.13. The molecule has 4 atom stereocenters. The van der Waals surface area contributed by atoms with Crippen molar-refractivity contribution in [3.8, 4) is 38.1 Å². The maximum atomic E-state index is 14.1. The van der Waals surface area contributed by atoms with Gasteiger partial charge in [0.05, 0.1) is 28.2 Å². The van der Waals surface area contributed by atoms with Crippen LogP contribution in [-0.2, 0) is 14.4 Å². The summed E-state index contributed by atoms with van der Waals surface area (Å²) in [6, 6.07) is 24.8. The van der Waals surface area contributed by atoms with Gasteiger partial charge in [-0.2, -0.15) is 0 Å². The molecular weight excluding hydrogens is 923 g/mol. The van der Waals surface area contributed by atoms with E-state index in [0.29, 0.717) is 29.9 Å². The van der Waals surface area contributed by atoms with Crippen molar-refractivity contribution in [1.82, 2.24) is 25.4 Å². The number of amides is 3. The number of hydrogen-bond acceptors (Lipinski definition) is 12. The van der Waals surface area contributed by atoms with Crippen LogP contribution in [0.5, 0.6) is 17.2 Å². The van der Waals surface area contributed by atoms with Crippen LogP contribution in [0.15, 0.2) is 96.5 Å². The number of aliphatic hydroxyl groups excluding tert-OH is 1. The summed E-state index contributed by atoms with van der Waals surface area (Å²) in [5.74, 6) is -0.129. The Morgan fingerprint density at radius 1 is 0.843 bits per heavy atom. The zero-order valence-corrected chi connectivity index (χ0v) is 42.5. The fourth-order valence-electron chi connectivity index (χ4n) is 8.85. The number of rotatable bonds is 21. The molecule has 370 valence electrons. The highest BCUT2D eigenvalue weighted by atomic mass is 32.1. The van der Waals surface area contributed by atoms with Crippen LogP contribution in [0.2, 0.25) is 0 Å². The van der Waals surface area contributed by atoms with Gasteiger partial charge in [0.25, 0.3) is 0 Å². The Morgan fingerprint density at radius 3 is 2.19 bits per heavy atom. The van der Waals surface area contributed by atoms with Crippen molar-refractivity contribution in [2.75, 3.05) is 33.3 Å². The van der Waals surface area contributed by atoms with E-state index >= 15 is 0 Å². The maximum absolute atomic E-state index is 14.1. The normalized spacial score (nSPS) is 15.8. The van der Waals surface area contributed by atoms with Crippen LogP contribution in [0.4, 0.5) is 0 Å². The molecule has 0 saturated carbocycles. The van der Waals surface area contributed by atoms with Crippen LogP contribution in [0.3, 0.4) is 0 Å². The predicted molar refractivity (Wildman–Crippen MR) is 278 cm³/mol. The van der Waals surface area contributed by atoms with Gasteiger partial charge in [-0.1, -0.05) is 64.3 Å². The number of aromatic nitrogens is 1. The molecule has 1 aliphatic rings. The molecule has 1 aliphatic heterocycles. The Bertz CT molecular complexity index is 2750. The molecule has 15 heteroatoms. The number of aromatic hydroxyl groups is 2. The number of phenols is 2. The average Bonchev–Trinajstić information content (AvgIpc) is 4.06. The van der Waals surface area contributed by atoms with Crippen molar-refractivity contribution in [3.05, 3.63) is 119 Å². The molecule has 0 bridgehead atoms. The fraction of sp³-hybridized carbons (Fsp3) is 0.400. The minimum Gasteiger partial charge on any atom is -0.508 e. The SMILES string of the molecule is Cc1ncsc1-c1ccc(C(C)NC(=O)C2CC(O)CN2C(=O)C(NC(=O)CCCCCCCN(C)CCOc2ccc(C(=O)c3c(-c4ccc(O)cc4)sc4cc(O)ccc34)cc2)C(C)(C)C)cc1. The number of fused-ring (bicyclic) bond motifs is 1. The number of nitrogens with one attached hydrogen (secondary N) is 2. The Balaban J connectivity index is 0.801. The smallest absolute Gasteiger partial charge is 0.246 e. The van der Waals surface area contributed by atoms with Gasteiger partial charge in [0.1, 0.15) is 35.9 Å². The van der Waals surface area contributed by atoms with Gasteiger partial charge >= 0.3 is 0 Å². The van der Waals surface area contributed by atoms with E-state index in [-0.39, 0.29) is 60.4 Å². The number of carbonyl (C=O) groups excluding carboxylic acids is 4. The number of ether oxygens (including phenoxy) is 1. The van der Waals surface area contributed by atoms with Gasteiger partial charge in [0, 0.05) is 52.0 Å². The molecule has 0 spiro atoms. The first-order chi connectivity index (χ1) is 33.5. The molecule has 3 amide bonds. The molecule has 6 aromatic rings. The molecule has 1 fully saturated rings. The van der Waals surface area contributed by atoms with Crippen LogP contribution >= 0.6 is 22.7 Å². The molecule has 4 unspecified atom stereocenters. The highest BCUT2D eigenvalue weighted by Gasteiger charge is 2.44. The van der Waals surface area contributed by atoms with E-state index in [1.54, 1.807) is 78.1 Å². The third-order valence-corrected chi connectivity index (χ3v) is 15.1. The Labute approximate surface area is 418 Å². The van der Waals surface area contributed by atoms with Crippen molar-refractivity contribution in [2.24, 2.45) is 5.41 Å². The summed E-state index contributed by atoms with van der Waals surface area (Å²) >= 11 is 3.00. The summed E-state index contributed by atoms with van der Waals surface area (Å²) in [5.41, 5.74) is 6.00. The van der Waals surface area contributed by atoms with Gasteiger partial charge in [-0.05, 0) is 129 Å². The van der Waals surface area contributed by atoms with Crippen LogP contribution < -0.4 is 15.4 Å². The summed E-state index contributed by atoms with van der Waals surface area (Å²) in [6.07, 6.45) is 4.11. The van der Waals surface area contributed by atoms with Crippen LogP contribution in [0.1, 0.15) is 106 Å². The van der Waals surface area contributed by atoms with Crippen molar-refractivity contribution >= 4 is 56.3 Å². The summed E-state index contributed by atoms with van der Waals surface area (Å²) in [7, 11) is 2.06. The van der Waals surface area contributed by atoms with E-state index in [1.165, 1.54) is 16.2 Å². The third kappa shape index (κ3) is 13.0. The van der Waals surface area contributed by atoms with E-state index in [0.717, 1.165) is 81.0 Å². The largest absolute Gasteiger partial charge is 0.508 e. The summed E-state index contributed by atoms with van der Waals surface area (Å²) in [5, 5.41) is 37.4. The van der Waals surface area contributed by atoms with Gasteiger partial charge in [0.2, 0.25) is 17.7 Å². The number of β-amino-alcohol motifs (C(OH)–C–C–N with tert-alkyl or cyclic N) is 1. The van der Waals surface area contributed by atoms with Gasteiger partial charge in [-0.15, -0.1) is 22.7 Å². The number of ketones is 1. The molecule has 7 rings (SSSR count). The number of likely N-dealkylation sites (tertiary alicyclic amines) is 1. The third-order valence-electron chi connectivity index (χ3n) is 12.9.